The van der Waals surface area contributed by atoms with E-state index in [4.69, 9.17) is 23.2 Å². The molecule has 0 aromatic heterocycles. The second-order valence-corrected chi connectivity index (χ2v) is 8.32. The lowest BCUT2D eigenvalue weighted by Gasteiger charge is -2.08. The molecule has 1 saturated carbocycles. The lowest BCUT2D eigenvalue weighted by atomic mass is 10.2. The van der Waals surface area contributed by atoms with Gasteiger partial charge < -0.3 is 0 Å². The summed E-state index contributed by atoms with van der Waals surface area (Å²) in [7, 11) is -3.41. The van der Waals surface area contributed by atoms with Crippen LogP contribution in [0, 0.1) is 5.92 Å². The summed E-state index contributed by atoms with van der Waals surface area (Å²) in [5.41, 5.74) is 4.49. The highest BCUT2D eigenvalue weighted by Crippen LogP contribution is 2.53. The maximum atomic E-state index is 11.8. The third-order valence-electron chi connectivity index (χ3n) is 2.97. The van der Waals surface area contributed by atoms with E-state index in [1.807, 2.05) is 0 Å². The van der Waals surface area contributed by atoms with Crippen molar-refractivity contribution < 1.29 is 18.0 Å². The number of alkyl halides is 2. The molecule has 1 unspecified atom stereocenters. The molecule has 1 aromatic rings. The molecule has 0 saturated heterocycles. The molecule has 114 valence electrons. The number of amides is 2. The Morgan fingerprint density at radius 2 is 1.90 bits per heavy atom. The first-order chi connectivity index (χ1) is 9.61. The SMILES string of the molecule is CS(=O)(=O)c1cccc(C(=O)NNC(=O)C2CC2(Cl)Cl)c1. The maximum absolute atomic E-state index is 11.8. The van der Waals surface area contributed by atoms with Gasteiger partial charge in [0.25, 0.3) is 5.91 Å². The van der Waals surface area contributed by atoms with Crippen molar-refractivity contribution in [2.45, 2.75) is 15.6 Å². The van der Waals surface area contributed by atoms with Gasteiger partial charge in [-0.15, -0.1) is 23.2 Å². The lowest BCUT2D eigenvalue weighted by Crippen LogP contribution is -2.43. The van der Waals surface area contributed by atoms with Gasteiger partial charge in [-0.05, 0) is 24.6 Å². The fourth-order valence-electron chi connectivity index (χ4n) is 1.64. The molecular weight excluding hydrogens is 339 g/mol. The van der Waals surface area contributed by atoms with E-state index in [1.54, 1.807) is 0 Å². The minimum absolute atomic E-state index is 0.0178. The lowest BCUT2D eigenvalue weighted by molar-refractivity contribution is -0.123. The van der Waals surface area contributed by atoms with Crippen molar-refractivity contribution in [1.82, 2.24) is 10.9 Å². The molecule has 0 radical (unpaired) electrons. The van der Waals surface area contributed by atoms with Gasteiger partial charge in [-0.2, -0.15) is 0 Å². The second-order valence-electron chi connectivity index (χ2n) is 4.76. The van der Waals surface area contributed by atoms with Crippen molar-refractivity contribution in [1.29, 1.82) is 0 Å². The third-order valence-corrected chi connectivity index (χ3v) is 4.91. The molecule has 0 bridgehead atoms. The van der Waals surface area contributed by atoms with Gasteiger partial charge in [0.1, 0.15) is 4.33 Å². The number of carbonyl (C=O) groups excluding carboxylic acids is 2. The average Bonchev–Trinajstić information content (AvgIpc) is 3.04. The van der Waals surface area contributed by atoms with Crippen molar-refractivity contribution in [2.75, 3.05) is 6.26 Å². The maximum Gasteiger partial charge on any atom is 0.269 e. The highest BCUT2D eigenvalue weighted by molar-refractivity contribution is 7.90. The number of rotatable bonds is 3. The average molecular weight is 351 g/mol. The number of sulfone groups is 1. The molecule has 1 fully saturated rings. The van der Waals surface area contributed by atoms with Crippen LogP contribution in [0.2, 0.25) is 0 Å². The summed E-state index contributed by atoms with van der Waals surface area (Å²) in [5.74, 6) is -1.69. The van der Waals surface area contributed by atoms with Gasteiger partial charge >= 0.3 is 0 Å². The predicted molar refractivity (Wildman–Crippen MR) is 77.7 cm³/mol. The summed E-state index contributed by atoms with van der Waals surface area (Å²) in [6.07, 6.45) is 1.36. The zero-order valence-corrected chi connectivity index (χ0v) is 13.2. The molecule has 2 rings (SSSR count). The van der Waals surface area contributed by atoms with Gasteiger partial charge in [-0.3, -0.25) is 20.4 Å². The predicted octanol–water partition coefficient (Wildman–Crippen LogP) is 1.04. The van der Waals surface area contributed by atoms with E-state index >= 15 is 0 Å². The molecule has 1 aromatic carbocycles. The first-order valence-corrected chi connectivity index (χ1v) is 8.54. The van der Waals surface area contributed by atoms with Crippen LogP contribution >= 0.6 is 23.2 Å². The standard InChI is InChI=1S/C12H12Cl2N2O4S/c1-21(19,20)8-4-2-3-7(5-8)10(17)15-16-11(18)9-6-12(9,13)14/h2-5,9H,6H2,1H3,(H,15,17)(H,16,18). The quantitative estimate of drug-likeness (QED) is 0.629. The van der Waals surface area contributed by atoms with Crippen molar-refractivity contribution in [3.8, 4) is 0 Å². The summed E-state index contributed by atoms with van der Waals surface area (Å²) in [6.45, 7) is 0. The highest BCUT2D eigenvalue weighted by atomic mass is 35.5. The van der Waals surface area contributed by atoms with E-state index in [9.17, 15) is 18.0 Å². The first kappa shape index (κ1) is 16.1. The van der Waals surface area contributed by atoms with Gasteiger partial charge in [0.15, 0.2) is 9.84 Å². The third kappa shape index (κ3) is 3.87. The van der Waals surface area contributed by atoms with Crippen LogP contribution in [0.25, 0.3) is 0 Å². The topological polar surface area (TPSA) is 92.3 Å². The first-order valence-electron chi connectivity index (χ1n) is 5.89. The molecule has 0 aliphatic heterocycles. The fourth-order valence-corrected chi connectivity index (χ4v) is 2.82. The van der Waals surface area contributed by atoms with Crippen LogP contribution in [0.5, 0.6) is 0 Å². The Labute approximate surface area is 131 Å². The number of nitrogens with one attached hydrogen (secondary N) is 2. The zero-order chi connectivity index (χ0) is 15.8. The minimum Gasteiger partial charge on any atom is -0.273 e. The molecular formula is C12H12Cl2N2O4S. The molecule has 2 N–H and O–H groups in total. The van der Waals surface area contributed by atoms with E-state index in [-0.39, 0.29) is 10.5 Å². The summed E-state index contributed by atoms with van der Waals surface area (Å²) in [4.78, 5) is 23.5. The van der Waals surface area contributed by atoms with Gasteiger partial charge in [0, 0.05) is 11.8 Å². The normalized spacial score (nSPS) is 19.7. The zero-order valence-electron chi connectivity index (χ0n) is 10.9. The molecule has 0 spiro atoms. The van der Waals surface area contributed by atoms with Crippen LogP contribution in [-0.2, 0) is 14.6 Å². The van der Waals surface area contributed by atoms with Crippen molar-refractivity contribution in [2.24, 2.45) is 5.92 Å². The van der Waals surface area contributed by atoms with Crippen LogP contribution in [-0.4, -0.2) is 30.8 Å². The van der Waals surface area contributed by atoms with E-state index in [0.717, 1.165) is 6.26 Å². The summed E-state index contributed by atoms with van der Waals surface area (Å²) < 4.78 is 21.7. The second kappa shape index (κ2) is 5.47. The van der Waals surface area contributed by atoms with Gasteiger partial charge in [-0.1, -0.05) is 6.07 Å². The Bertz CT molecular complexity index is 703. The van der Waals surface area contributed by atoms with Gasteiger partial charge in [0.2, 0.25) is 5.91 Å². The summed E-state index contributed by atoms with van der Waals surface area (Å²) >= 11 is 11.5. The van der Waals surface area contributed by atoms with Crippen molar-refractivity contribution in [3.63, 3.8) is 0 Å². The largest absolute Gasteiger partial charge is 0.273 e. The van der Waals surface area contributed by atoms with Crippen LogP contribution < -0.4 is 10.9 Å². The number of hydrazine groups is 1. The number of halogens is 2. The van der Waals surface area contributed by atoms with E-state index in [1.165, 1.54) is 24.3 Å². The van der Waals surface area contributed by atoms with Crippen molar-refractivity contribution in [3.05, 3.63) is 29.8 Å². The Balaban J connectivity index is 2.00. The Hall–Kier alpha value is -1.31. The monoisotopic (exact) mass is 350 g/mol. The number of carbonyl (C=O) groups is 2. The molecule has 0 heterocycles. The highest BCUT2D eigenvalue weighted by Gasteiger charge is 2.56. The van der Waals surface area contributed by atoms with Crippen LogP contribution in [0.4, 0.5) is 0 Å². The van der Waals surface area contributed by atoms with Gasteiger partial charge in [-0.25, -0.2) is 8.42 Å². The number of hydrogen-bond acceptors (Lipinski definition) is 4. The molecule has 1 aliphatic rings. The molecule has 6 nitrogen and oxygen atoms in total. The fraction of sp³-hybridized carbons (Fsp3) is 0.333. The van der Waals surface area contributed by atoms with Crippen molar-refractivity contribution >= 4 is 44.9 Å². The molecule has 9 heteroatoms. The Morgan fingerprint density at radius 3 is 2.43 bits per heavy atom. The Kier molecular flexibility index (Phi) is 4.19. The molecule has 21 heavy (non-hydrogen) atoms. The molecule has 2 amide bonds. The number of hydrogen-bond donors (Lipinski definition) is 2. The molecule has 1 atom stereocenters. The van der Waals surface area contributed by atoms with E-state index < -0.39 is 31.9 Å². The van der Waals surface area contributed by atoms with E-state index in [0.29, 0.717) is 6.42 Å². The summed E-state index contributed by atoms with van der Waals surface area (Å²) in [6, 6.07) is 5.48. The van der Waals surface area contributed by atoms with Crippen LogP contribution in [0.15, 0.2) is 29.2 Å². The molecule has 1 aliphatic carbocycles. The van der Waals surface area contributed by atoms with Crippen LogP contribution in [0.1, 0.15) is 16.8 Å². The van der Waals surface area contributed by atoms with Gasteiger partial charge in [0.05, 0.1) is 10.8 Å². The number of benzene rings is 1. The minimum atomic E-state index is -3.41. The smallest absolute Gasteiger partial charge is 0.269 e. The summed E-state index contributed by atoms with van der Waals surface area (Å²) in [5, 5.41) is 0. The van der Waals surface area contributed by atoms with E-state index in [2.05, 4.69) is 10.9 Å². The van der Waals surface area contributed by atoms with Crippen LogP contribution in [0.3, 0.4) is 0 Å². The Morgan fingerprint density at radius 1 is 1.29 bits per heavy atom.